The van der Waals surface area contributed by atoms with Gasteiger partial charge in [0.05, 0.1) is 36.8 Å². The number of para-hydroxylation sites is 4. The highest BCUT2D eigenvalue weighted by molar-refractivity contribution is 5.75. The molecule has 0 unspecified atom stereocenters. The molecule has 0 amide bonds. The van der Waals surface area contributed by atoms with Gasteiger partial charge >= 0.3 is 0 Å². The summed E-state index contributed by atoms with van der Waals surface area (Å²) < 4.78 is 7.39. The van der Waals surface area contributed by atoms with Crippen LogP contribution in [0.25, 0.3) is 11.0 Å². The minimum atomic E-state index is 0.654. The average molecular weight is 253 g/mol. The Balaban J connectivity index is 1.82. The summed E-state index contributed by atoms with van der Waals surface area (Å²) in [5.41, 5.74) is 3.09. The van der Waals surface area contributed by atoms with Crippen LogP contribution in [0, 0.1) is 0 Å². The lowest BCUT2D eigenvalue weighted by atomic mass is 10.3. The summed E-state index contributed by atoms with van der Waals surface area (Å²) in [6.07, 6.45) is 1.84. The van der Waals surface area contributed by atoms with E-state index in [9.17, 15) is 0 Å². The first kappa shape index (κ1) is 11.6. The second-order valence-corrected chi connectivity index (χ2v) is 4.24. The van der Waals surface area contributed by atoms with Crippen LogP contribution in [0.4, 0.5) is 5.69 Å². The van der Waals surface area contributed by atoms with E-state index in [1.165, 1.54) is 0 Å². The number of hydrogen-bond donors (Lipinski definition) is 1. The first-order valence-corrected chi connectivity index (χ1v) is 6.15. The molecular formula is C15H15N3O. The zero-order valence-electron chi connectivity index (χ0n) is 10.7. The monoisotopic (exact) mass is 253 g/mol. The van der Waals surface area contributed by atoms with Crippen LogP contribution in [0.1, 0.15) is 0 Å². The minimum absolute atomic E-state index is 0.654. The van der Waals surface area contributed by atoms with E-state index in [0.717, 1.165) is 22.5 Å². The molecule has 0 fully saturated rings. The number of nitrogens with zero attached hydrogens (tertiary/aromatic N) is 2. The summed E-state index contributed by atoms with van der Waals surface area (Å²) in [5.74, 6) is 0.840. The quantitative estimate of drug-likeness (QED) is 0.776. The third kappa shape index (κ3) is 2.25. The third-order valence-electron chi connectivity index (χ3n) is 3.07. The smallest absolute Gasteiger partial charge is 0.141 e. The van der Waals surface area contributed by atoms with Crippen LogP contribution in [0.15, 0.2) is 54.9 Å². The molecule has 3 rings (SSSR count). The molecule has 3 aromatic rings. The lowest BCUT2D eigenvalue weighted by Crippen LogP contribution is -2.07. The molecule has 19 heavy (non-hydrogen) atoms. The molecule has 0 saturated carbocycles. The summed E-state index contributed by atoms with van der Waals surface area (Å²) in [5, 5.41) is 3.36. The van der Waals surface area contributed by atoms with Crippen LogP contribution in [0.3, 0.4) is 0 Å². The van der Waals surface area contributed by atoms with Crippen molar-refractivity contribution in [2.75, 3.05) is 12.4 Å². The van der Waals surface area contributed by atoms with Gasteiger partial charge in [-0.05, 0) is 24.3 Å². The molecule has 1 heterocycles. The SMILES string of the molecule is COc1ccccc1NCn1cnc2ccccc21. The van der Waals surface area contributed by atoms with E-state index in [4.69, 9.17) is 4.74 Å². The zero-order chi connectivity index (χ0) is 13.1. The lowest BCUT2D eigenvalue weighted by molar-refractivity contribution is 0.416. The summed E-state index contributed by atoms with van der Waals surface area (Å²) in [7, 11) is 1.67. The molecule has 1 aromatic heterocycles. The Hall–Kier alpha value is -2.49. The molecule has 0 bridgehead atoms. The van der Waals surface area contributed by atoms with Crippen molar-refractivity contribution in [1.29, 1.82) is 0 Å². The van der Waals surface area contributed by atoms with E-state index >= 15 is 0 Å². The van der Waals surface area contributed by atoms with Gasteiger partial charge < -0.3 is 14.6 Å². The topological polar surface area (TPSA) is 39.1 Å². The predicted octanol–water partition coefficient (Wildman–Crippen LogP) is 3.11. The van der Waals surface area contributed by atoms with Gasteiger partial charge in [-0.3, -0.25) is 0 Å². The molecule has 1 N–H and O–H groups in total. The maximum absolute atomic E-state index is 5.32. The summed E-state index contributed by atoms with van der Waals surface area (Å²) in [6.45, 7) is 0.654. The van der Waals surface area contributed by atoms with Crippen molar-refractivity contribution in [1.82, 2.24) is 9.55 Å². The normalized spacial score (nSPS) is 10.6. The molecule has 0 saturated heterocycles. The van der Waals surface area contributed by atoms with Crippen LogP contribution >= 0.6 is 0 Å². The first-order valence-electron chi connectivity index (χ1n) is 6.15. The largest absolute Gasteiger partial charge is 0.495 e. The predicted molar refractivity (Wildman–Crippen MR) is 76.3 cm³/mol. The van der Waals surface area contributed by atoms with Crippen molar-refractivity contribution in [3.05, 3.63) is 54.9 Å². The van der Waals surface area contributed by atoms with Gasteiger partial charge in [-0.15, -0.1) is 0 Å². The molecule has 96 valence electrons. The van der Waals surface area contributed by atoms with E-state index in [2.05, 4.69) is 20.9 Å². The van der Waals surface area contributed by atoms with Crippen LogP contribution in [-0.2, 0) is 6.67 Å². The van der Waals surface area contributed by atoms with Crippen molar-refractivity contribution < 1.29 is 4.74 Å². The Morgan fingerprint density at radius 2 is 1.89 bits per heavy atom. The molecule has 4 nitrogen and oxygen atoms in total. The Bertz CT molecular complexity index is 690. The summed E-state index contributed by atoms with van der Waals surface area (Å²) in [4.78, 5) is 4.37. The number of hydrogen-bond acceptors (Lipinski definition) is 3. The van der Waals surface area contributed by atoms with Gasteiger partial charge in [0, 0.05) is 0 Å². The Kier molecular flexibility index (Phi) is 3.06. The van der Waals surface area contributed by atoms with Crippen molar-refractivity contribution in [3.8, 4) is 5.75 Å². The fourth-order valence-corrected chi connectivity index (χ4v) is 2.10. The maximum atomic E-state index is 5.32. The number of benzene rings is 2. The number of nitrogens with one attached hydrogen (secondary N) is 1. The number of ether oxygens (including phenoxy) is 1. The fourth-order valence-electron chi connectivity index (χ4n) is 2.10. The number of imidazole rings is 1. The summed E-state index contributed by atoms with van der Waals surface area (Å²) >= 11 is 0. The fraction of sp³-hybridized carbons (Fsp3) is 0.133. The second kappa shape index (κ2) is 5.02. The van der Waals surface area contributed by atoms with Gasteiger partial charge in [0.1, 0.15) is 5.75 Å². The molecule has 0 radical (unpaired) electrons. The first-order chi connectivity index (χ1) is 9.38. The van der Waals surface area contributed by atoms with Crippen molar-refractivity contribution in [2.24, 2.45) is 0 Å². The van der Waals surface area contributed by atoms with Gasteiger partial charge in [0.25, 0.3) is 0 Å². The number of methoxy groups -OCH3 is 1. The van der Waals surface area contributed by atoms with E-state index in [1.807, 2.05) is 48.8 Å². The van der Waals surface area contributed by atoms with Crippen LogP contribution in [0.2, 0.25) is 0 Å². The number of fused-ring (bicyclic) bond motifs is 1. The average Bonchev–Trinajstić information content (AvgIpc) is 2.89. The third-order valence-corrected chi connectivity index (χ3v) is 3.07. The van der Waals surface area contributed by atoms with Gasteiger partial charge in [-0.1, -0.05) is 24.3 Å². The van der Waals surface area contributed by atoms with Crippen LogP contribution in [-0.4, -0.2) is 16.7 Å². The highest BCUT2D eigenvalue weighted by atomic mass is 16.5. The van der Waals surface area contributed by atoms with Crippen LogP contribution in [0.5, 0.6) is 5.75 Å². The highest BCUT2D eigenvalue weighted by Crippen LogP contribution is 2.23. The zero-order valence-corrected chi connectivity index (χ0v) is 10.7. The maximum Gasteiger partial charge on any atom is 0.141 e. The Morgan fingerprint density at radius 3 is 2.79 bits per heavy atom. The summed E-state index contributed by atoms with van der Waals surface area (Å²) in [6, 6.07) is 16.0. The molecule has 4 heteroatoms. The minimum Gasteiger partial charge on any atom is -0.495 e. The molecule has 0 atom stereocenters. The molecular weight excluding hydrogens is 238 g/mol. The van der Waals surface area contributed by atoms with E-state index in [-0.39, 0.29) is 0 Å². The lowest BCUT2D eigenvalue weighted by Gasteiger charge is -2.11. The number of aromatic nitrogens is 2. The molecule has 0 aliphatic carbocycles. The van der Waals surface area contributed by atoms with E-state index in [0.29, 0.717) is 6.67 Å². The molecule has 2 aromatic carbocycles. The standard InChI is InChI=1S/C15H15N3O/c1-19-15-9-5-3-7-13(15)17-11-18-10-16-12-6-2-4-8-14(12)18/h2-10,17H,11H2,1H3. The van der Waals surface area contributed by atoms with E-state index < -0.39 is 0 Å². The van der Waals surface area contributed by atoms with Gasteiger partial charge in [0.2, 0.25) is 0 Å². The molecule has 0 aliphatic heterocycles. The van der Waals surface area contributed by atoms with Gasteiger partial charge in [-0.2, -0.15) is 0 Å². The van der Waals surface area contributed by atoms with Gasteiger partial charge in [-0.25, -0.2) is 4.98 Å². The second-order valence-electron chi connectivity index (χ2n) is 4.24. The van der Waals surface area contributed by atoms with Crippen molar-refractivity contribution >= 4 is 16.7 Å². The number of rotatable bonds is 4. The molecule has 0 aliphatic rings. The Labute approximate surface area is 111 Å². The highest BCUT2D eigenvalue weighted by Gasteiger charge is 2.03. The van der Waals surface area contributed by atoms with E-state index in [1.54, 1.807) is 7.11 Å². The molecule has 0 spiro atoms. The number of anilines is 1. The Morgan fingerprint density at radius 1 is 1.11 bits per heavy atom. The van der Waals surface area contributed by atoms with Crippen molar-refractivity contribution in [3.63, 3.8) is 0 Å². The van der Waals surface area contributed by atoms with Gasteiger partial charge in [0.15, 0.2) is 0 Å². The van der Waals surface area contributed by atoms with Crippen molar-refractivity contribution in [2.45, 2.75) is 6.67 Å². The van der Waals surface area contributed by atoms with Crippen LogP contribution < -0.4 is 10.1 Å².